The standard InChI is InChI=1S/C29H43N3O4/c1-9-32(27(34)24(18-19(2)3)31-28(35)36-29(6,7)8)25(23-17-13-14-20(4)21(23)5)26(33)30-22-15-11-10-12-16-22/h1,13-14,17,19,22,24-25H,10-12,15-16,18H2,2-8H3,(H,30,33)(H,31,35). The summed E-state index contributed by atoms with van der Waals surface area (Å²) in [6.07, 6.45) is 10.7. The Morgan fingerprint density at radius 3 is 2.33 bits per heavy atom. The van der Waals surface area contributed by atoms with Crippen molar-refractivity contribution in [1.82, 2.24) is 15.5 Å². The molecule has 7 nitrogen and oxygen atoms in total. The zero-order valence-electron chi connectivity index (χ0n) is 22.9. The molecule has 1 aromatic carbocycles. The van der Waals surface area contributed by atoms with E-state index in [0.29, 0.717) is 12.0 Å². The number of hydrogen-bond donors (Lipinski definition) is 2. The highest BCUT2D eigenvalue weighted by molar-refractivity contribution is 5.93. The molecule has 1 saturated carbocycles. The number of alkyl carbamates (subject to hydrolysis) is 1. The van der Waals surface area contributed by atoms with Crippen molar-refractivity contribution in [2.24, 2.45) is 5.92 Å². The molecule has 2 rings (SSSR count). The number of rotatable bonds is 8. The van der Waals surface area contributed by atoms with Gasteiger partial charge in [-0.25, -0.2) is 4.79 Å². The molecule has 0 heterocycles. The second kappa shape index (κ2) is 12.8. The number of carbonyl (C=O) groups excluding carboxylic acids is 3. The molecule has 1 aromatic rings. The number of terminal acetylenes is 1. The molecule has 0 saturated heterocycles. The third-order valence-electron chi connectivity index (χ3n) is 6.47. The van der Waals surface area contributed by atoms with Gasteiger partial charge in [0.2, 0.25) is 5.91 Å². The van der Waals surface area contributed by atoms with E-state index in [9.17, 15) is 14.4 Å². The Labute approximate surface area is 216 Å². The molecule has 1 fully saturated rings. The maximum absolute atomic E-state index is 13.9. The maximum Gasteiger partial charge on any atom is 0.408 e. The van der Waals surface area contributed by atoms with Crippen LogP contribution in [0, 0.1) is 32.2 Å². The fraction of sp³-hybridized carbons (Fsp3) is 0.621. The second-order valence-electron chi connectivity index (χ2n) is 11.2. The highest BCUT2D eigenvalue weighted by Gasteiger charge is 2.37. The van der Waals surface area contributed by atoms with Gasteiger partial charge in [0, 0.05) is 12.1 Å². The Balaban J connectivity index is 2.44. The zero-order valence-corrected chi connectivity index (χ0v) is 22.9. The summed E-state index contributed by atoms with van der Waals surface area (Å²) in [7, 11) is 0. The lowest BCUT2D eigenvalue weighted by Gasteiger charge is -2.33. The van der Waals surface area contributed by atoms with E-state index in [-0.39, 0.29) is 17.9 Å². The van der Waals surface area contributed by atoms with Gasteiger partial charge in [0.25, 0.3) is 5.91 Å². The molecule has 1 aliphatic carbocycles. The Morgan fingerprint density at radius 2 is 1.78 bits per heavy atom. The van der Waals surface area contributed by atoms with Crippen molar-refractivity contribution in [2.45, 2.75) is 111 Å². The molecule has 36 heavy (non-hydrogen) atoms. The van der Waals surface area contributed by atoms with E-state index in [1.807, 2.05) is 45.9 Å². The van der Waals surface area contributed by atoms with Gasteiger partial charge in [-0.2, -0.15) is 0 Å². The molecule has 2 N–H and O–H groups in total. The lowest BCUT2D eigenvalue weighted by atomic mass is 9.92. The summed E-state index contributed by atoms with van der Waals surface area (Å²) >= 11 is 0. The van der Waals surface area contributed by atoms with Crippen molar-refractivity contribution in [1.29, 1.82) is 0 Å². The minimum atomic E-state index is -1.01. The molecule has 2 unspecified atom stereocenters. The van der Waals surface area contributed by atoms with E-state index in [1.165, 1.54) is 0 Å². The molecular formula is C29H43N3O4. The summed E-state index contributed by atoms with van der Waals surface area (Å²) in [6.45, 7) is 13.1. The fourth-order valence-corrected chi connectivity index (χ4v) is 4.57. The van der Waals surface area contributed by atoms with Gasteiger partial charge in [0.05, 0.1) is 0 Å². The van der Waals surface area contributed by atoms with Gasteiger partial charge in [-0.3, -0.25) is 14.5 Å². The number of nitrogens with zero attached hydrogens (tertiary/aromatic N) is 1. The first-order valence-corrected chi connectivity index (χ1v) is 13.0. The van der Waals surface area contributed by atoms with Crippen molar-refractivity contribution in [3.8, 4) is 12.5 Å². The van der Waals surface area contributed by atoms with Crippen LogP contribution in [0.2, 0.25) is 0 Å². The third kappa shape index (κ3) is 8.29. The van der Waals surface area contributed by atoms with Gasteiger partial charge in [0.1, 0.15) is 17.7 Å². The van der Waals surface area contributed by atoms with Crippen LogP contribution in [0.3, 0.4) is 0 Å². The predicted octanol–water partition coefficient (Wildman–Crippen LogP) is 5.15. The minimum absolute atomic E-state index is 0.0555. The fourth-order valence-electron chi connectivity index (χ4n) is 4.57. The third-order valence-corrected chi connectivity index (χ3v) is 6.47. The number of amides is 3. The van der Waals surface area contributed by atoms with Crippen LogP contribution in [-0.2, 0) is 14.3 Å². The van der Waals surface area contributed by atoms with E-state index < -0.39 is 29.7 Å². The van der Waals surface area contributed by atoms with Crippen molar-refractivity contribution in [2.75, 3.05) is 0 Å². The first-order valence-electron chi connectivity index (χ1n) is 13.0. The summed E-state index contributed by atoms with van der Waals surface area (Å²) in [5, 5.41) is 5.84. The lowest BCUT2D eigenvalue weighted by Crippen LogP contribution is -2.52. The van der Waals surface area contributed by atoms with Gasteiger partial charge in [-0.1, -0.05) is 57.7 Å². The SMILES string of the molecule is C#CN(C(=O)C(CC(C)C)NC(=O)OC(C)(C)C)C(C(=O)NC1CCCCC1)c1cccc(C)c1C. The smallest absolute Gasteiger partial charge is 0.408 e. The van der Waals surface area contributed by atoms with Crippen LogP contribution >= 0.6 is 0 Å². The molecule has 0 radical (unpaired) electrons. The van der Waals surface area contributed by atoms with Gasteiger partial charge >= 0.3 is 6.09 Å². The second-order valence-corrected chi connectivity index (χ2v) is 11.2. The largest absolute Gasteiger partial charge is 0.444 e. The Morgan fingerprint density at radius 1 is 1.14 bits per heavy atom. The molecule has 0 spiro atoms. The maximum atomic E-state index is 13.9. The number of ether oxygens (including phenoxy) is 1. The summed E-state index contributed by atoms with van der Waals surface area (Å²) < 4.78 is 5.39. The summed E-state index contributed by atoms with van der Waals surface area (Å²) in [5.74, 6) is -0.729. The molecule has 0 aromatic heterocycles. The summed E-state index contributed by atoms with van der Waals surface area (Å²) in [4.78, 5) is 41.3. The number of nitrogens with one attached hydrogen (secondary N) is 2. The van der Waals surface area contributed by atoms with E-state index >= 15 is 0 Å². The number of aryl methyl sites for hydroxylation is 1. The van der Waals surface area contributed by atoms with Gasteiger partial charge in [-0.15, -0.1) is 0 Å². The van der Waals surface area contributed by atoms with E-state index in [1.54, 1.807) is 20.8 Å². The molecule has 0 aliphatic heterocycles. The average molecular weight is 498 g/mol. The Kier molecular flexibility index (Phi) is 10.4. The molecule has 3 amide bonds. The van der Waals surface area contributed by atoms with Crippen LogP contribution < -0.4 is 10.6 Å². The quantitative estimate of drug-likeness (QED) is 0.384. The van der Waals surface area contributed by atoms with Crippen molar-refractivity contribution >= 4 is 17.9 Å². The molecule has 2 atom stereocenters. The molecular weight excluding hydrogens is 454 g/mol. The predicted molar refractivity (Wildman–Crippen MR) is 142 cm³/mol. The van der Waals surface area contributed by atoms with Gasteiger partial charge in [-0.05, 0) is 76.5 Å². The van der Waals surface area contributed by atoms with Gasteiger partial charge < -0.3 is 15.4 Å². The van der Waals surface area contributed by atoms with Crippen molar-refractivity contribution in [3.63, 3.8) is 0 Å². The molecule has 7 heteroatoms. The van der Waals surface area contributed by atoms with Crippen LogP contribution in [0.4, 0.5) is 4.79 Å². The monoisotopic (exact) mass is 497 g/mol. The molecule has 0 bridgehead atoms. The first-order chi connectivity index (χ1) is 16.8. The summed E-state index contributed by atoms with van der Waals surface area (Å²) in [5.41, 5.74) is 1.85. The summed E-state index contributed by atoms with van der Waals surface area (Å²) in [6, 6.07) is 6.23. The van der Waals surface area contributed by atoms with Crippen LogP contribution in [-0.4, -0.2) is 40.5 Å². The van der Waals surface area contributed by atoms with E-state index in [2.05, 4.69) is 16.7 Å². The minimum Gasteiger partial charge on any atom is -0.444 e. The zero-order chi connectivity index (χ0) is 27.0. The molecule has 1 aliphatic rings. The Bertz CT molecular complexity index is 968. The Hall–Kier alpha value is -3.01. The van der Waals surface area contributed by atoms with Gasteiger partial charge in [0.15, 0.2) is 0 Å². The van der Waals surface area contributed by atoms with E-state index in [0.717, 1.165) is 48.1 Å². The number of benzene rings is 1. The molecule has 198 valence electrons. The van der Waals surface area contributed by atoms with Crippen molar-refractivity contribution in [3.05, 3.63) is 34.9 Å². The van der Waals surface area contributed by atoms with E-state index in [4.69, 9.17) is 11.2 Å². The number of hydrogen-bond acceptors (Lipinski definition) is 4. The number of carbonyl (C=O) groups is 3. The highest BCUT2D eigenvalue weighted by atomic mass is 16.6. The topological polar surface area (TPSA) is 87.7 Å². The lowest BCUT2D eigenvalue weighted by molar-refractivity contribution is -0.139. The average Bonchev–Trinajstić information content (AvgIpc) is 2.77. The van der Waals surface area contributed by atoms with Crippen LogP contribution in [0.5, 0.6) is 0 Å². The van der Waals surface area contributed by atoms with Crippen LogP contribution in [0.15, 0.2) is 18.2 Å². The van der Waals surface area contributed by atoms with Crippen LogP contribution in [0.25, 0.3) is 0 Å². The highest BCUT2D eigenvalue weighted by Crippen LogP contribution is 2.28. The van der Waals surface area contributed by atoms with Crippen molar-refractivity contribution < 1.29 is 19.1 Å². The first kappa shape index (κ1) is 29.2. The van der Waals surface area contributed by atoms with Crippen LogP contribution in [0.1, 0.15) is 95.9 Å². The normalized spacial score (nSPS) is 16.0.